The van der Waals surface area contributed by atoms with Crippen LogP contribution in [0.3, 0.4) is 0 Å². The fraction of sp³-hybridized carbons (Fsp3) is 0.150. The Bertz CT molecular complexity index is 1130. The highest BCUT2D eigenvalue weighted by atomic mass is 35.5. The van der Waals surface area contributed by atoms with E-state index in [0.717, 1.165) is 16.7 Å². The maximum Gasteiger partial charge on any atom is 0.416 e. The lowest BCUT2D eigenvalue weighted by molar-refractivity contribution is -0.138. The fourth-order valence-corrected chi connectivity index (χ4v) is 3.15. The quantitative estimate of drug-likeness (QED) is 0.601. The molecule has 0 amide bonds. The fourth-order valence-electron chi connectivity index (χ4n) is 2.86. The normalized spacial score (nSPS) is 11.3. The van der Waals surface area contributed by atoms with Gasteiger partial charge in [-0.25, -0.2) is 4.98 Å². The Morgan fingerprint density at radius 3 is 2.47 bits per heavy atom. The van der Waals surface area contributed by atoms with Gasteiger partial charge < -0.3 is 10.4 Å². The number of nitrogens with one attached hydrogen (secondary N) is 1. The van der Waals surface area contributed by atoms with Gasteiger partial charge in [-0.3, -0.25) is 14.2 Å². The number of halogens is 4. The highest BCUT2D eigenvalue weighted by Crippen LogP contribution is 2.30. The Kier molecular flexibility index (Phi) is 6.12. The lowest BCUT2D eigenvalue weighted by atomic mass is 10.1. The highest BCUT2D eigenvalue weighted by Gasteiger charge is 2.30. The average molecular weight is 438 g/mol. The Morgan fingerprint density at radius 1 is 1.13 bits per heavy atom. The first-order valence-corrected chi connectivity index (χ1v) is 9.02. The van der Waals surface area contributed by atoms with E-state index in [1.807, 2.05) is 0 Å². The van der Waals surface area contributed by atoms with Crippen molar-refractivity contribution in [3.8, 4) is 11.3 Å². The van der Waals surface area contributed by atoms with Crippen molar-refractivity contribution >= 4 is 23.4 Å². The van der Waals surface area contributed by atoms with E-state index in [9.17, 15) is 27.9 Å². The van der Waals surface area contributed by atoms with E-state index in [-0.39, 0.29) is 28.8 Å². The maximum atomic E-state index is 12.9. The van der Waals surface area contributed by atoms with Gasteiger partial charge in [0.2, 0.25) is 0 Å². The van der Waals surface area contributed by atoms with Crippen LogP contribution in [-0.2, 0) is 24.1 Å². The van der Waals surface area contributed by atoms with Gasteiger partial charge in [-0.2, -0.15) is 13.2 Å². The number of hydrogen-bond donors (Lipinski definition) is 2. The number of aromatic nitrogens is 2. The molecule has 2 aromatic carbocycles. The summed E-state index contributed by atoms with van der Waals surface area (Å²) in [5, 5.41) is 11.7. The number of carboxylic acid groups (broad SMARTS) is 1. The van der Waals surface area contributed by atoms with E-state index in [1.165, 1.54) is 12.1 Å². The summed E-state index contributed by atoms with van der Waals surface area (Å²) in [6, 6.07) is 13.0. The Balaban J connectivity index is 1.98. The largest absolute Gasteiger partial charge is 0.480 e. The number of rotatable bonds is 6. The van der Waals surface area contributed by atoms with Crippen LogP contribution in [0.1, 0.15) is 11.1 Å². The van der Waals surface area contributed by atoms with Gasteiger partial charge in [-0.15, -0.1) is 0 Å². The molecule has 3 aromatic rings. The lowest BCUT2D eigenvalue weighted by Gasteiger charge is -2.15. The van der Waals surface area contributed by atoms with Crippen LogP contribution in [0, 0.1) is 0 Å². The third-order valence-corrected chi connectivity index (χ3v) is 4.44. The molecule has 0 bridgehead atoms. The van der Waals surface area contributed by atoms with Crippen LogP contribution in [0.4, 0.5) is 19.0 Å². The second kappa shape index (κ2) is 8.58. The van der Waals surface area contributed by atoms with Crippen LogP contribution in [0.25, 0.3) is 11.3 Å². The molecule has 30 heavy (non-hydrogen) atoms. The van der Waals surface area contributed by atoms with E-state index < -0.39 is 29.8 Å². The van der Waals surface area contributed by atoms with Gasteiger partial charge in [0.15, 0.2) is 11.0 Å². The van der Waals surface area contributed by atoms with E-state index in [1.54, 1.807) is 30.3 Å². The molecule has 1 heterocycles. The van der Waals surface area contributed by atoms with Crippen molar-refractivity contribution in [1.29, 1.82) is 0 Å². The minimum atomic E-state index is -4.50. The van der Waals surface area contributed by atoms with Crippen LogP contribution in [-0.4, -0.2) is 20.6 Å². The average Bonchev–Trinajstić information content (AvgIpc) is 2.69. The van der Waals surface area contributed by atoms with Crippen molar-refractivity contribution < 1.29 is 23.1 Å². The molecule has 0 saturated carbocycles. The molecule has 0 saturated heterocycles. The monoisotopic (exact) mass is 437 g/mol. The first kappa shape index (κ1) is 21.4. The molecule has 0 unspecified atom stereocenters. The number of anilines is 1. The second-order valence-corrected chi connectivity index (χ2v) is 6.66. The molecule has 2 N–H and O–H groups in total. The number of nitrogens with zero attached hydrogens (tertiary/aromatic N) is 2. The van der Waals surface area contributed by atoms with Crippen LogP contribution in [0.2, 0.25) is 5.15 Å². The molecule has 10 heteroatoms. The topological polar surface area (TPSA) is 84.2 Å². The van der Waals surface area contributed by atoms with Crippen LogP contribution < -0.4 is 10.9 Å². The van der Waals surface area contributed by atoms with Crippen molar-refractivity contribution in [1.82, 2.24) is 9.55 Å². The van der Waals surface area contributed by atoms with Crippen molar-refractivity contribution in [2.45, 2.75) is 19.3 Å². The summed E-state index contributed by atoms with van der Waals surface area (Å²) in [6.07, 6.45) is -4.50. The summed E-state index contributed by atoms with van der Waals surface area (Å²) in [5.74, 6) is -1.53. The number of hydrogen-bond acceptors (Lipinski definition) is 4. The molecule has 0 fully saturated rings. The third kappa shape index (κ3) is 4.80. The number of aliphatic carboxylic acids is 1. The smallest absolute Gasteiger partial charge is 0.416 e. The number of carbonyl (C=O) groups is 1. The molecule has 0 aliphatic rings. The SMILES string of the molecule is O=C(O)Cn1c(-c2ccccc2)c(Cl)nc(NCc2cccc(C(F)(F)F)c2)c1=O. The van der Waals surface area contributed by atoms with Gasteiger partial charge in [0.25, 0.3) is 5.56 Å². The molecule has 0 radical (unpaired) electrons. The van der Waals surface area contributed by atoms with Crippen molar-refractivity contribution in [2.24, 2.45) is 0 Å². The minimum Gasteiger partial charge on any atom is -0.480 e. The molecule has 156 valence electrons. The van der Waals surface area contributed by atoms with Gasteiger partial charge in [0.1, 0.15) is 6.54 Å². The number of benzene rings is 2. The summed E-state index contributed by atoms with van der Waals surface area (Å²) >= 11 is 6.24. The standard InChI is InChI=1S/C20H15ClF3N3O3/c21-17-16(13-6-2-1-3-7-13)27(11-15(28)29)19(30)18(26-17)25-10-12-5-4-8-14(9-12)20(22,23)24/h1-9H,10-11H2,(H,25,26)(H,28,29). The zero-order valence-corrected chi connectivity index (χ0v) is 16.0. The van der Waals surface area contributed by atoms with Crippen LogP contribution in [0.5, 0.6) is 0 Å². The molecule has 0 aliphatic heterocycles. The van der Waals surface area contributed by atoms with Crippen LogP contribution >= 0.6 is 11.6 Å². The van der Waals surface area contributed by atoms with Crippen molar-refractivity contribution in [2.75, 3.05) is 5.32 Å². The maximum absolute atomic E-state index is 12.9. The summed E-state index contributed by atoms with van der Waals surface area (Å²) in [7, 11) is 0. The number of alkyl halides is 3. The van der Waals surface area contributed by atoms with E-state index in [2.05, 4.69) is 10.3 Å². The van der Waals surface area contributed by atoms with Gasteiger partial charge in [0, 0.05) is 12.1 Å². The molecule has 0 atom stereocenters. The Hall–Kier alpha value is -3.33. The summed E-state index contributed by atoms with van der Waals surface area (Å²) in [6.45, 7) is -0.802. The van der Waals surface area contributed by atoms with Crippen molar-refractivity contribution in [3.05, 3.63) is 81.2 Å². The summed E-state index contributed by atoms with van der Waals surface area (Å²) < 4.78 is 39.6. The lowest BCUT2D eigenvalue weighted by Crippen LogP contribution is -2.29. The zero-order chi connectivity index (χ0) is 21.9. The summed E-state index contributed by atoms with van der Waals surface area (Å²) in [5.41, 5.74) is -0.686. The minimum absolute atomic E-state index is 0.117. The predicted octanol–water partition coefficient (Wildman–Crippen LogP) is 4.28. The highest BCUT2D eigenvalue weighted by molar-refractivity contribution is 6.32. The molecule has 0 spiro atoms. The number of carboxylic acids is 1. The van der Waals surface area contributed by atoms with E-state index >= 15 is 0 Å². The van der Waals surface area contributed by atoms with Crippen molar-refractivity contribution in [3.63, 3.8) is 0 Å². The molecule has 0 aliphatic carbocycles. The molecule has 3 rings (SSSR count). The van der Waals surface area contributed by atoms with Gasteiger partial charge in [-0.1, -0.05) is 54.1 Å². The Labute approximate surface area is 173 Å². The second-order valence-electron chi connectivity index (χ2n) is 6.30. The molecular weight excluding hydrogens is 423 g/mol. The molecular formula is C20H15ClF3N3O3. The van der Waals surface area contributed by atoms with Crippen LogP contribution in [0.15, 0.2) is 59.4 Å². The summed E-state index contributed by atoms with van der Waals surface area (Å²) in [4.78, 5) is 28.1. The first-order chi connectivity index (χ1) is 14.2. The Morgan fingerprint density at radius 2 is 1.83 bits per heavy atom. The van der Waals surface area contributed by atoms with E-state index in [0.29, 0.717) is 5.56 Å². The third-order valence-electron chi connectivity index (χ3n) is 4.18. The van der Waals surface area contributed by atoms with E-state index in [4.69, 9.17) is 11.6 Å². The van der Waals surface area contributed by atoms with Gasteiger partial charge in [-0.05, 0) is 17.7 Å². The molecule has 1 aromatic heterocycles. The predicted molar refractivity (Wildman–Crippen MR) is 105 cm³/mol. The van der Waals surface area contributed by atoms with Gasteiger partial charge in [0.05, 0.1) is 11.3 Å². The molecule has 6 nitrogen and oxygen atoms in total. The first-order valence-electron chi connectivity index (χ1n) is 8.64. The van der Waals surface area contributed by atoms with Gasteiger partial charge >= 0.3 is 12.1 Å². The zero-order valence-electron chi connectivity index (χ0n) is 15.3.